The number of carbonyl (C=O) groups excluding carboxylic acids is 2. The number of hydrogen-bond donors (Lipinski definition) is 1. The Bertz CT molecular complexity index is 615. The number of amides is 1. The van der Waals surface area contributed by atoms with Gasteiger partial charge in [0.2, 0.25) is 0 Å². The smallest absolute Gasteiger partial charge is 0.407 e. The molecule has 9 nitrogen and oxygen atoms in total. The third kappa shape index (κ3) is 7.62. The van der Waals surface area contributed by atoms with Gasteiger partial charge in [-0.05, 0) is 31.4 Å². The summed E-state index contributed by atoms with van der Waals surface area (Å²) in [6.07, 6.45) is 3.78. The van der Waals surface area contributed by atoms with Crippen LogP contribution in [-0.2, 0) is 19.0 Å². The minimum atomic E-state index is -0.573. The SMILES string of the molecule is C=CCOC(=O)N[C@H]1CC(C(=O)OCC)=C[C@@H](OC(CC)CCN=[N+]=[N-])C1C. The van der Waals surface area contributed by atoms with Crippen molar-refractivity contribution < 1.29 is 23.8 Å². The maximum Gasteiger partial charge on any atom is 0.407 e. The van der Waals surface area contributed by atoms with Crippen LogP contribution < -0.4 is 5.32 Å². The lowest BCUT2D eigenvalue weighted by Crippen LogP contribution is -2.48. The number of hydrogen-bond acceptors (Lipinski definition) is 6. The number of nitrogens with zero attached hydrogens (tertiary/aromatic N) is 3. The van der Waals surface area contributed by atoms with Crippen LogP contribution >= 0.6 is 0 Å². The molecular weight excluding hydrogens is 364 g/mol. The van der Waals surface area contributed by atoms with E-state index in [-0.39, 0.29) is 31.3 Å². The Morgan fingerprint density at radius 2 is 2.21 bits per heavy atom. The molecule has 156 valence electrons. The van der Waals surface area contributed by atoms with Crippen LogP contribution in [0, 0.1) is 5.92 Å². The van der Waals surface area contributed by atoms with Gasteiger partial charge in [0.25, 0.3) is 0 Å². The van der Waals surface area contributed by atoms with E-state index in [9.17, 15) is 9.59 Å². The first-order chi connectivity index (χ1) is 13.5. The highest BCUT2D eigenvalue weighted by Gasteiger charge is 2.35. The zero-order valence-corrected chi connectivity index (χ0v) is 16.8. The summed E-state index contributed by atoms with van der Waals surface area (Å²) in [7, 11) is 0. The number of alkyl carbamates (subject to hydrolysis) is 1. The van der Waals surface area contributed by atoms with Gasteiger partial charge in [0.1, 0.15) is 6.61 Å². The number of azide groups is 1. The summed E-state index contributed by atoms with van der Waals surface area (Å²) in [4.78, 5) is 27.0. The van der Waals surface area contributed by atoms with Gasteiger partial charge in [-0.25, -0.2) is 9.59 Å². The molecule has 0 heterocycles. The lowest BCUT2D eigenvalue weighted by molar-refractivity contribution is -0.139. The molecule has 1 amide bonds. The van der Waals surface area contributed by atoms with Gasteiger partial charge in [-0.3, -0.25) is 0 Å². The second-order valence-electron chi connectivity index (χ2n) is 6.49. The van der Waals surface area contributed by atoms with Crippen molar-refractivity contribution in [2.24, 2.45) is 11.0 Å². The van der Waals surface area contributed by atoms with Gasteiger partial charge < -0.3 is 19.5 Å². The van der Waals surface area contributed by atoms with Gasteiger partial charge in [-0.15, -0.1) is 0 Å². The monoisotopic (exact) mass is 394 g/mol. The summed E-state index contributed by atoms with van der Waals surface area (Å²) in [5.74, 6) is -0.514. The molecule has 0 aromatic carbocycles. The molecule has 4 atom stereocenters. The topological polar surface area (TPSA) is 123 Å². The molecule has 0 bridgehead atoms. The lowest BCUT2D eigenvalue weighted by Gasteiger charge is -2.36. The van der Waals surface area contributed by atoms with Crippen molar-refractivity contribution in [1.82, 2.24) is 5.32 Å². The van der Waals surface area contributed by atoms with Gasteiger partial charge in [0, 0.05) is 35.4 Å². The van der Waals surface area contributed by atoms with E-state index < -0.39 is 18.2 Å². The molecule has 1 aliphatic rings. The molecule has 0 fully saturated rings. The van der Waals surface area contributed by atoms with E-state index >= 15 is 0 Å². The molecule has 1 rings (SSSR count). The molecule has 28 heavy (non-hydrogen) atoms. The Labute approximate surface area is 165 Å². The van der Waals surface area contributed by atoms with Crippen LogP contribution in [0.4, 0.5) is 4.79 Å². The number of rotatable bonds is 11. The zero-order valence-electron chi connectivity index (χ0n) is 16.8. The standard InChI is InChI=1S/C19H30N4O5/c1-5-10-27-19(25)22-16-11-14(18(24)26-7-3)12-17(13(16)4)28-15(6-2)8-9-21-23-20/h5,12-13,15-17H,1,6-11H2,2-4H3,(H,22,25)/t13?,15?,16-,17+/m0/s1. The first kappa shape index (κ1) is 23.5. The Balaban J connectivity index is 2.93. The van der Waals surface area contributed by atoms with Crippen molar-refractivity contribution in [3.8, 4) is 0 Å². The lowest BCUT2D eigenvalue weighted by atomic mass is 9.83. The van der Waals surface area contributed by atoms with E-state index in [1.54, 1.807) is 13.0 Å². The van der Waals surface area contributed by atoms with Crippen LogP contribution in [0.2, 0.25) is 0 Å². The summed E-state index contributed by atoms with van der Waals surface area (Å²) in [5, 5.41) is 6.35. The van der Waals surface area contributed by atoms with Gasteiger partial charge >= 0.3 is 12.1 Å². The number of esters is 1. The van der Waals surface area contributed by atoms with Crippen molar-refractivity contribution in [3.63, 3.8) is 0 Å². The van der Waals surface area contributed by atoms with Gasteiger partial charge in [-0.2, -0.15) is 0 Å². The molecular formula is C19H30N4O5. The molecule has 0 aromatic rings. The Morgan fingerprint density at radius 3 is 2.82 bits per heavy atom. The molecule has 0 spiro atoms. The minimum Gasteiger partial charge on any atom is -0.463 e. The van der Waals surface area contributed by atoms with E-state index in [0.717, 1.165) is 6.42 Å². The van der Waals surface area contributed by atoms with Crippen LogP contribution in [0.5, 0.6) is 0 Å². The molecule has 0 radical (unpaired) electrons. The van der Waals surface area contributed by atoms with Crippen molar-refractivity contribution in [2.45, 2.75) is 58.3 Å². The Morgan fingerprint density at radius 1 is 1.46 bits per heavy atom. The highest BCUT2D eigenvalue weighted by Crippen LogP contribution is 2.29. The Hall–Kier alpha value is -2.51. The third-order valence-corrected chi connectivity index (χ3v) is 4.55. The Kier molecular flexibility index (Phi) is 10.8. The van der Waals surface area contributed by atoms with E-state index in [1.165, 1.54) is 6.08 Å². The fourth-order valence-corrected chi connectivity index (χ4v) is 2.96. The fourth-order valence-electron chi connectivity index (χ4n) is 2.96. The molecule has 0 saturated carbocycles. The van der Waals surface area contributed by atoms with Gasteiger partial charge in [-0.1, -0.05) is 31.6 Å². The maximum absolute atomic E-state index is 12.3. The second kappa shape index (κ2) is 12.8. The van der Waals surface area contributed by atoms with E-state index in [0.29, 0.717) is 25.0 Å². The second-order valence-corrected chi connectivity index (χ2v) is 6.49. The third-order valence-electron chi connectivity index (χ3n) is 4.55. The summed E-state index contributed by atoms with van der Waals surface area (Å²) in [6, 6.07) is -0.346. The average molecular weight is 394 g/mol. The van der Waals surface area contributed by atoms with Gasteiger partial charge in [0.05, 0.1) is 18.8 Å². The normalized spacial score (nSPS) is 22.2. The van der Waals surface area contributed by atoms with E-state index in [1.807, 2.05) is 13.8 Å². The number of ether oxygens (including phenoxy) is 3. The molecule has 9 heteroatoms. The molecule has 1 N–H and O–H groups in total. The predicted octanol–water partition coefficient (Wildman–Crippen LogP) is 3.66. The van der Waals surface area contributed by atoms with E-state index in [2.05, 4.69) is 21.9 Å². The largest absolute Gasteiger partial charge is 0.463 e. The van der Waals surface area contributed by atoms with E-state index in [4.69, 9.17) is 19.7 Å². The molecule has 1 aliphatic carbocycles. The van der Waals surface area contributed by atoms with Crippen LogP contribution in [0.1, 0.15) is 40.0 Å². The van der Waals surface area contributed by atoms with Crippen molar-refractivity contribution in [3.05, 3.63) is 34.7 Å². The average Bonchev–Trinajstić information content (AvgIpc) is 2.68. The van der Waals surface area contributed by atoms with Crippen LogP contribution in [0.25, 0.3) is 10.4 Å². The molecule has 0 aromatic heterocycles. The molecule has 2 unspecified atom stereocenters. The van der Waals surface area contributed by atoms with Gasteiger partial charge in [0.15, 0.2) is 0 Å². The first-order valence-electron chi connectivity index (χ1n) is 9.55. The zero-order chi connectivity index (χ0) is 20.9. The van der Waals surface area contributed by atoms with Crippen molar-refractivity contribution >= 4 is 12.1 Å². The summed E-state index contributed by atoms with van der Waals surface area (Å²) >= 11 is 0. The highest BCUT2D eigenvalue weighted by atomic mass is 16.5. The maximum atomic E-state index is 12.3. The fraction of sp³-hybridized carbons (Fsp3) is 0.684. The predicted molar refractivity (Wildman–Crippen MR) is 105 cm³/mol. The van der Waals surface area contributed by atoms with Crippen LogP contribution in [0.15, 0.2) is 29.4 Å². The van der Waals surface area contributed by atoms with Crippen molar-refractivity contribution in [2.75, 3.05) is 19.8 Å². The summed E-state index contributed by atoms with van der Waals surface area (Å²) in [6.45, 7) is 9.87. The first-order valence-corrected chi connectivity index (χ1v) is 9.55. The minimum absolute atomic E-state index is 0.0945. The number of carbonyl (C=O) groups is 2. The van der Waals surface area contributed by atoms with Crippen LogP contribution in [0.3, 0.4) is 0 Å². The summed E-state index contributed by atoms with van der Waals surface area (Å²) in [5.41, 5.74) is 8.90. The van der Waals surface area contributed by atoms with Crippen LogP contribution in [-0.4, -0.2) is 50.1 Å². The molecule has 0 aliphatic heterocycles. The number of nitrogens with one attached hydrogen (secondary N) is 1. The quantitative estimate of drug-likeness (QED) is 0.188. The highest BCUT2D eigenvalue weighted by molar-refractivity contribution is 5.89. The molecule has 0 saturated heterocycles. The summed E-state index contributed by atoms with van der Waals surface area (Å²) < 4.78 is 16.3. The van der Waals surface area contributed by atoms with Crippen molar-refractivity contribution in [1.29, 1.82) is 0 Å².